The molecule has 0 spiro atoms. The maximum Gasteiger partial charge on any atom is 0.272 e. The van der Waals surface area contributed by atoms with E-state index in [4.69, 9.17) is 11.6 Å². The topological polar surface area (TPSA) is 74.7 Å². The first kappa shape index (κ1) is 15.2. The van der Waals surface area contributed by atoms with Crippen molar-refractivity contribution in [3.63, 3.8) is 0 Å². The van der Waals surface area contributed by atoms with E-state index in [-0.39, 0.29) is 5.91 Å². The average molecular weight is 344 g/mol. The van der Waals surface area contributed by atoms with Crippen molar-refractivity contribution in [2.24, 2.45) is 0 Å². The van der Waals surface area contributed by atoms with Crippen LogP contribution in [-0.4, -0.2) is 33.8 Å². The molecule has 1 aliphatic heterocycles. The molecule has 0 atom stereocenters. The zero-order valence-electron chi connectivity index (χ0n) is 13.1. The first-order valence-corrected chi connectivity index (χ1v) is 8.42. The summed E-state index contributed by atoms with van der Waals surface area (Å²) < 4.78 is 2.07. The van der Waals surface area contributed by atoms with Crippen LogP contribution in [0.1, 0.15) is 29.4 Å². The van der Waals surface area contributed by atoms with Gasteiger partial charge in [0.25, 0.3) is 5.91 Å². The van der Waals surface area contributed by atoms with E-state index in [2.05, 4.69) is 25.4 Å². The number of hydrogen-bond acceptors (Lipinski definition) is 3. The fourth-order valence-electron chi connectivity index (χ4n) is 3.26. The van der Waals surface area contributed by atoms with Crippen LogP contribution in [0.4, 0.5) is 5.69 Å². The second-order valence-electron chi connectivity index (χ2n) is 5.99. The number of benzene rings is 1. The van der Waals surface area contributed by atoms with Gasteiger partial charge in [-0.2, -0.15) is 5.10 Å². The van der Waals surface area contributed by atoms with E-state index < -0.39 is 0 Å². The zero-order chi connectivity index (χ0) is 16.5. The number of aromatic amines is 1. The Morgan fingerprint density at radius 3 is 2.96 bits per heavy atom. The normalized spacial score (nSPS) is 15.7. The number of piperidine rings is 1. The van der Waals surface area contributed by atoms with Crippen molar-refractivity contribution in [3.05, 3.63) is 47.4 Å². The molecule has 1 aromatic carbocycles. The van der Waals surface area contributed by atoms with Gasteiger partial charge in [-0.15, -0.1) is 0 Å². The van der Waals surface area contributed by atoms with Crippen LogP contribution in [0.15, 0.2) is 36.7 Å². The van der Waals surface area contributed by atoms with Crippen molar-refractivity contribution in [1.29, 1.82) is 0 Å². The molecule has 1 aliphatic rings. The van der Waals surface area contributed by atoms with Crippen LogP contribution in [0.5, 0.6) is 0 Å². The molecule has 3 heterocycles. The molecular weight excluding hydrogens is 326 g/mol. The number of rotatable bonds is 3. The summed E-state index contributed by atoms with van der Waals surface area (Å²) in [6, 6.07) is 7.77. The van der Waals surface area contributed by atoms with Gasteiger partial charge < -0.3 is 15.2 Å². The van der Waals surface area contributed by atoms with Crippen molar-refractivity contribution in [2.45, 2.75) is 18.9 Å². The molecule has 3 N–H and O–H groups in total. The van der Waals surface area contributed by atoms with Gasteiger partial charge in [0, 0.05) is 17.6 Å². The van der Waals surface area contributed by atoms with Crippen molar-refractivity contribution in [3.8, 4) is 0 Å². The van der Waals surface area contributed by atoms with Gasteiger partial charge in [0.05, 0.1) is 22.4 Å². The largest absolute Gasteiger partial charge is 0.340 e. The predicted octanol–water partition coefficient (Wildman–Crippen LogP) is 3.19. The predicted molar refractivity (Wildman–Crippen MR) is 94.6 cm³/mol. The lowest BCUT2D eigenvalue weighted by Crippen LogP contribution is -2.31. The molecule has 1 fully saturated rings. The molecule has 24 heavy (non-hydrogen) atoms. The minimum Gasteiger partial charge on any atom is -0.340 e. The summed E-state index contributed by atoms with van der Waals surface area (Å²) in [6.07, 6.45) is 5.68. The molecule has 6 nitrogen and oxygen atoms in total. The maximum absolute atomic E-state index is 12.7. The number of nitrogens with zero attached hydrogens (tertiary/aromatic N) is 2. The van der Waals surface area contributed by atoms with Gasteiger partial charge in [-0.25, -0.2) is 0 Å². The molecule has 2 aromatic heterocycles. The van der Waals surface area contributed by atoms with Gasteiger partial charge in [0.2, 0.25) is 0 Å². The Labute approximate surface area is 144 Å². The highest BCUT2D eigenvalue weighted by Gasteiger charge is 2.20. The van der Waals surface area contributed by atoms with Crippen LogP contribution >= 0.6 is 11.6 Å². The molecule has 1 amide bonds. The number of fused-ring (bicyclic) bond motifs is 1. The van der Waals surface area contributed by atoms with Crippen LogP contribution in [0.3, 0.4) is 0 Å². The van der Waals surface area contributed by atoms with Gasteiger partial charge in [-0.05, 0) is 50.2 Å². The number of H-pyrrole nitrogens is 1. The van der Waals surface area contributed by atoms with Crippen LogP contribution in [0, 0.1) is 0 Å². The summed E-state index contributed by atoms with van der Waals surface area (Å²) in [5.74, 6) is -0.150. The molecule has 1 saturated heterocycles. The van der Waals surface area contributed by atoms with Gasteiger partial charge in [0.1, 0.15) is 5.69 Å². The maximum atomic E-state index is 12.7. The monoisotopic (exact) mass is 343 g/mol. The molecule has 0 unspecified atom stereocenters. The van der Waals surface area contributed by atoms with E-state index in [0.717, 1.165) is 36.8 Å². The highest BCUT2D eigenvalue weighted by atomic mass is 35.5. The summed E-state index contributed by atoms with van der Waals surface area (Å²) in [4.78, 5) is 12.7. The standard InChI is InChI=1S/C17H18ClN5O/c18-16-12-10-20-22-13(12)3-4-14(16)21-17(24)15-2-1-9-23(15)11-5-7-19-8-6-11/h1-4,9-11,19H,5-8H2,(H,20,22)(H,21,24). The van der Waals surface area contributed by atoms with Crippen molar-refractivity contribution in [1.82, 2.24) is 20.1 Å². The number of hydrogen-bond donors (Lipinski definition) is 3. The summed E-state index contributed by atoms with van der Waals surface area (Å²) in [6.45, 7) is 1.96. The molecule has 0 aliphatic carbocycles. The van der Waals surface area contributed by atoms with Crippen LogP contribution in [-0.2, 0) is 0 Å². The first-order valence-electron chi connectivity index (χ1n) is 8.04. The lowest BCUT2D eigenvalue weighted by Gasteiger charge is -2.26. The fourth-order valence-corrected chi connectivity index (χ4v) is 3.52. The third-order valence-corrected chi connectivity index (χ3v) is 4.93. The van der Waals surface area contributed by atoms with E-state index in [1.54, 1.807) is 12.3 Å². The number of halogens is 1. The Balaban J connectivity index is 1.60. The van der Waals surface area contributed by atoms with E-state index in [1.807, 2.05) is 24.4 Å². The van der Waals surface area contributed by atoms with Crippen molar-refractivity contribution >= 4 is 34.1 Å². The Morgan fingerprint density at radius 2 is 2.12 bits per heavy atom. The van der Waals surface area contributed by atoms with E-state index in [1.165, 1.54) is 0 Å². The molecular formula is C17H18ClN5O. The fraction of sp³-hybridized carbons (Fsp3) is 0.294. The SMILES string of the molecule is O=C(Nc1ccc2[nH]ncc2c1Cl)c1cccn1C1CCNCC1. The van der Waals surface area contributed by atoms with Crippen LogP contribution in [0.2, 0.25) is 5.02 Å². The lowest BCUT2D eigenvalue weighted by molar-refractivity contribution is 0.101. The second-order valence-corrected chi connectivity index (χ2v) is 6.37. The molecule has 0 bridgehead atoms. The van der Waals surface area contributed by atoms with Crippen molar-refractivity contribution < 1.29 is 4.79 Å². The number of anilines is 1. The van der Waals surface area contributed by atoms with Crippen LogP contribution in [0.25, 0.3) is 10.9 Å². The number of amides is 1. The van der Waals surface area contributed by atoms with E-state index >= 15 is 0 Å². The minimum atomic E-state index is -0.150. The Hall–Kier alpha value is -2.31. The summed E-state index contributed by atoms with van der Waals surface area (Å²) >= 11 is 6.39. The number of nitrogens with one attached hydrogen (secondary N) is 3. The highest BCUT2D eigenvalue weighted by Crippen LogP contribution is 2.30. The van der Waals surface area contributed by atoms with Gasteiger partial charge >= 0.3 is 0 Å². The van der Waals surface area contributed by atoms with Crippen LogP contribution < -0.4 is 10.6 Å². The number of carbonyl (C=O) groups excluding carboxylic acids is 1. The third-order valence-electron chi connectivity index (χ3n) is 4.52. The molecule has 3 aromatic rings. The van der Waals surface area contributed by atoms with Gasteiger partial charge in [-0.3, -0.25) is 9.89 Å². The Morgan fingerprint density at radius 1 is 1.29 bits per heavy atom. The molecule has 124 valence electrons. The molecule has 4 rings (SSSR count). The molecule has 7 heteroatoms. The summed E-state index contributed by atoms with van der Waals surface area (Å²) in [7, 11) is 0. The molecule has 0 radical (unpaired) electrons. The number of aromatic nitrogens is 3. The van der Waals surface area contributed by atoms with Crippen molar-refractivity contribution in [2.75, 3.05) is 18.4 Å². The minimum absolute atomic E-state index is 0.150. The molecule has 0 saturated carbocycles. The second kappa shape index (κ2) is 6.30. The average Bonchev–Trinajstić information content (AvgIpc) is 3.27. The highest BCUT2D eigenvalue weighted by molar-refractivity contribution is 6.38. The zero-order valence-corrected chi connectivity index (χ0v) is 13.8. The Kier molecular flexibility index (Phi) is 4.00. The van der Waals surface area contributed by atoms with Gasteiger partial charge in [0.15, 0.2) is 0 Å². The first-order chi connectivity index (χ1) is 11.7. The van der Waals surface area contributed by atoms with E-state index in [9.17, 15) is 4.79 Å². The van der Waals surface area contributed by atoms with Gasteiger partial charge in [-0.1, -0.05) is 11.6 Å². The van der Waals surface area contributed by atoms with E-state index in [0.29, 0.717) is 22.4 Å². The number of carbonyl (C=O) groups is 1. The lowest BCUT2D eigenvalue weighted by atomic mass is 10.1. The third kappa shape index (κ3) is 2.68. The summed E-state index contributed by atoms with van der Waals surface area (Å²) in [5.41, 5.74) is 2.09. The summed E-state index contributed by atoms with van der Waals surface area (Å²) in [5, 5.41) is 14.4. The Bertz CT molecular complexity index is 878. The smallest absolute Gasteiger partial charge is 0.272 e. The quantitative estimate of drug-likeness (QED) is 0.683.